The predicted molar refractivity (Wildman–Crippen MR) is 69.4 cm³/mol. The maximum Gasteiger partial charge on any atom is 0.313 e. The van der Waals surface area contributed by atoms with Crippen molar-refractivity contribution in [2.24, 2.45) is 5.92 Å². The van der Waals surface area contributed by atoms with Gasteiger partial charge in [0.1, 0.15) is 5.92 Å². The Labute approximate surface area is 107 Å². The first-order valence-electron chi connectivity index (χ1n) is 6.66. The van der Waals surface area contributed by atoms with Gasteiger partial charge in [0, 0.05) is 0 Å². The van der Waals surface area contributed by atoms with Crippen LogP contribution in [0.25, 0.3) is 0 Å². The first-order valence-corrected chi connectivity index (χ1v) is 6.66. The topological polar surface area (TPSA) is 57.5 Å². The van der Waals surface area contributed by atoms with Crippen molar-refractivity contribution < 1.29 is 15.0 Å². The molecule has 0 radical (unpaired) electrons. The molecule has 0 heterocycles. The van der Waals surface area contributed by atoms with E-state index in [1.165, 1.54) is 6.42 Å². The van der Waals surface area contributed by atoms with E-state index >= 15 is 0 Å². The highest BCUT2D eigenvalue weighted by molar-refractivity contribution is 5.76. The maximum atomic E-state index is 11.4. The van der Waals surface area contributed by atoms with E-state index in [0.717, 1.165) is 25.7 Å². The number of aliphatic hydroxyl groups excluding tert-OH is 1. The Morgan fingerprint density at radius 3 is 2.28 bits per heavy atom. The number of carboxylic acid groups (broad SMARTS) is 1. The van der Waals surface area contributed by atoms with E-state index < -0.39 is 18.0 Å². The van der Waals surface area contributed by atoms with E-state index in [1.807, 2.05) is 18.2 Å². The van der Waals surface area contributed by atoms with Gasteiger partial charge in [0.15, 0.2) is 0 Å². The van der Waals surface area contributed by atoms with Gasteiger partial charge in [-0.2, -0.15) is 0 Å². The van der Waals surface area contributed by atoms with Crippen molar-refractivity contribution in [2.75, 3.05) is 0 Å². The van der Waals surface area contributed by atoms with Crippen LogP contribution < -0.4 is 0 Å². The van der Waals surface area contributed by atoms with Gasteiger partial charge in [0.05, 0.1) is 6.10 Å². The van der Waals surface area contributed by atoms with Crippen LogP contribution in [0.1, 0.15) is 43.6 Å². The normalized spacial score (nSPS) is 20.3. The molecule has 0 amide bonds. The summed E-state index contributed by atoms with van der Waals surface area (Å²) in [5.74, 6) is -1.60. The van der Waals surface area contributed by atoms with Crippen molar-refractivity contribution in [3.8, 4) is 0 Å². The lowest BCUT2D eigenvalue weighted by Gasteiger charge is -2.30. The van der Waals surface area contributed by atoms with Gasteiger partial charge in [-0.1, -0.05) is 49.6 Å². The lowest BCUT2D eigenvalue weighted by Crippen LogP contribution is -2.33. The van der Waals surface area contributed by atoms with Gasteiger partial charge in [-0.3, -0.25) is 4.79 Å². The van der Waals surface area contributed by atoms with Crippen LogP contribution in [-0.2, 0) is 4.79 Å². The molecule has 1 saturated carbocycles. The number of carboxylic acids is 1. The summed E-state index contributed by atoms with van der Waals surface area (Å²) in [7, 11) is 0. The number of hydrogen-bond acceptors (Lipinski definition) is 2. The summed E-state index contributed by atoms with van der Waals surface area (Å²) in [6.45, 7) is 0. The SMILES string of the molecule is O=C(O)[C@H](c1ccccc1)[C@H](O)C1CCCCC1. The van der Waals surface area contributed by atoms with E-state index in [-0.39, 0.29) is 5.92 Å². The zero-order valence-electron chi connectivity index (χ0n) is 10.5. The second-order valence-electron chi connectivity index (χ2n) is 5.12. The molecule has 0 aliphatic heterocycles. The zero-order valence-corrected chi connectivity index (χ0v) is 10.5. The summed E-state index contributed by atoms with van der Waals surface area (Å²) < 4.78 is 0. The van der Waals surface area contributed by atoms with Crippen LogP contribution in [0.4, 0.5) is 0 Å². The molecule has 98 valence electrons. The summed E-state index contributed by atoms with van der Waals surface area (Å²) in [6, 6.07) is 9.06. The molecule has 2 rings (SSSR count). The second kappa shape index (κ2) is 6.01. The van der Waals surface area contributed by atoms with Crippen LogP contribution in [0, 0.1) is 5.92 Å². The zero-order chi connectivity index (χ0) is 13.0. The number of aliphatic carboxylic acids is 1. The number of carbonyl (C=O) groups is 1. The highest BCUT2D eigenvalue weighted by Gasteiger charge is 2.34. The molecule has 0 spiro atoms. The second-order valence-corrected chi connectivity index (χ2v) is 5.12. The Kier molecular flexibility index (Phi) is 4.37. The predicted octanol–water partition coefficient (Wildman–Crippen LogP) is 2.80. The van der Waals surface area contributed by atoms with Gasteiger partial charge in [0.25, 0.3) is 0 Å². The molecule has 1 fully saturated rings. The molecule has 0 bridgehead atoms. The minimum absolute atomic E-state index is 0.125. The monoisotopic (exact) mass is 248 g/mol. The summed E-state index contributed by atoms with van der Waals surface area (Å²) in [4.78, 5) is 11.4. The van der Waals surface area contributed by atoms with Gasteiger partial charge < -0.3 is 10.2 Å². The van der Waals surface area contributed by atoms with E-state index in [9.17, 15) is 15.0 Å². The van der Waals surface area contributed by atoms with Gasteiger partial charge in [0.2, 0.25) is 0 Å². The molecular weight excluding hydrogens is 228 g/mol. The molecule has 3 heteroatoms. The minimum Gasteiger partial charge on any atom is -0.481 e. The molecule has 2 atom stereocenters. The quantitative estimate of drug-likeness (QED) is 0.861. The molecule has 0 aromatic heterocycles. The average Bonchev–Trinajstić information content (AvgIpc) is 2.40. The molecular formula is C15H20O3. The van der Waals surface area contributed by atoms with Crippen molar-refractivity contribution in [3.63, 3.8) is 0 Å². The fourth-order valence-electron chi connectivity index (χ4n) is 2.89. The highest BCUT2D eigenvalue weighted by atomic mass is 16.4. The van der Waals surface area contributed by atoms with Crippen LogP contribution in [0.5, 0.6) is 0 Å². The van der Waals surface area contributed by atoms with Crippen molar-refractivity contribution in [1.82, 2.24) is 0 Å². The lowest BCUT2D eigenvalue weighted by atomic mass is 9.78. The minimum atomic E-state index is -0.931. The summed E-state index contributed by atoms with van der Waals surface area (Å²) in [5.41, 5.74) is 0.697. The Morgan fingerprint density at radius 1 is 1.11 bits per heavy atom. The van der Waals surface area contributed by atoms with Crippen LogP contribution in [0.15, 0.2) is 30.3 Å². The molecule has 1 aromatic rings. The molecule has 1 aliphatic rings. The smallest absolute Gasteiger partial charge is 0.313 e. The van der Waals surface area contributed by atoms with Crippen LogP contribution in [0.2, 0.25) is 0 Å². The lowest BCUT2D eigenvalue weighted by molar-refractivity contribution is -0.143. The van der Waals surface area contributed by atoms with Crippen molar-refractivity contribution in [1.29, 1.82) is 0 Å². The summed E-state index contributed by atoms with van der Waals surface area (Å²) >= 11 is 0. The Balaban J connectivity index is 2.17. The first kappa shape index (κ1) is 13.1. The molecule has 0 saturated heterocycles. The van der Waals surface area contributed by atoms with Gasteiger partial charge >= 0.3 is 5.97 Å². The highest BCUT2D eigenvalue weighted by Crippen LogP contribution is 2.33. The number of aliphatic hydroxyl groups is 1. The molecule has 2 N–H and O–H groups in total. The standard InChI is InChI=1S/C15H20O3/c16-14(12-9-5-2-6-10-12)13(15(17)18)11-7-3-1-4-8-11/h1,3-4,7-8,12-14,16H,2,5-6,9-10H2,(H,17,18)/t13-,14-/m1/s1. The molecule has 0 unspecified atom stereocenters. The van der Waals surface area contributed by atoms with E-state index in [1.54, 1.807) is 12.1 Å². The van der Waals surface area contributed by atoms with E-state index in [2.05, 4.69) is 0 Å². The third-order valence-corrected chi connectivity index (χ3v) is 3.90. The Hall–Kier alpha value is -1.35. The van der Waals surface area contributed by atoms with Crippen LogP contribution in [0.3, 0.4) is 0 Å². The fraction of sp³-hybridized carbons (Fsp3) is 0.533. The van der Waals surface area contributed by atoms with Gasteiger partial charge in [-0.25, -0.2) is 0 Å². The molecule has 18 heavy (non-hydrogen) atoms. The average molecular weight is 248 g/mol. The Bertz CT molecular complexity index is 382. The largest absolute Gasteiger partial charge is 0.481 e. The number of hydrogen-bond donors (Lipinski definition) is 2. The molecule has 1 aliphatic carbocycles. The van der Waals surface area contributed by atoms with Crippen LogP contribution in [-0.4, -0.2) is 22.3 Å². The molecule has 3 nitrogen and oxygen atoms in total. The third-order valence-electron chi connectivity index (χ3n) is 3.90. The third kappa shape index (κ3) is 2.91. The summed E-state index contributed by atoms with van der Waals surface area (Å²) in [5, 5.41) is 19.7. The Morgan fingerprint density at radius 2 is 1.72 bits per heavy atom. The van der Waals surface area contributed by atoms with E-state index in [4.69, 9.17) is 0 Å². The van der Waals surface area contributed by atoms with Gasteiger partial charge in [-0.15, -0.1) is 0 Å². The maximum absolute atomic E-state index is 11.4. The van der Waals surface area contributed by atoms with Gasteiger partial charge in [-0.05, 0) is 24.3 Å². The fourth-order valence-corrected chi connectivity index (χ4v) is 2.89. The van der Waals surface area contributed by atoms with Crippen LogP contribution >= 0.6 is 0 Å². The van der Waals surface area contributed by atoms with Crippen molar-refractivity contribution in [3.05, 3.63) is 35.9 Å². The number of rotatable bonds is 4. The summed E-state index contributed by atoms with van der Waals surface area (Å²) in [6.07, 6.45) is 4.51. The molecule has 1 aromatic carbocycles. The first-order chi connectivity index (χ1) is 8.70. The van der Waals surface area contributed by atoms with E-state index in [0.29, 0.717) is 5.56 Å². The number of benzene rings is 1. The van der Waals surface area contributed by atoms with Crippen molar-refractivity contribution in [2.45, 2.75) is 44.1 Å². The van der Waals surface area contributed by atoms with Crippen molar-refractivity contribution >= 4 is 5.97 Å².